The van der Waals surface area contributed by atoms with Crippen LogP contribution in [-0.2, 0) is 4.74 Å². The van der Waals surface area contributed by atoms with Crippen LogP contribution in [0.2, 0.25) is 0 Å². The first-order valence-corrected chi connectivity index (χ1v) is 11.9. The summed E-state index contributed by atoms with van der Waals surface area (Å²) in [6.07, 6.45) is 0. The Hall–Kier alpha value is -2.88. The number of anilines is 1. The van der Waals surface area contributed by atoms with Crippen molar-refractivity contribution in [3.05, 3.63) is 41.5 Å². The van der Waals surface area contributed by atoms with Gasteiger partial charge in [-0.1, -0.05) is 17.4 Å². The van der Waals surface area contributed by atoms with E-state index in [1.165, 1.54) is 11.3 Å². The summed E-state index contributed by atoms with van der Waals surface area (Å²) in [4.78, 5) is 22.7. The Bertz CT molecular complexity index is 1160. The Morgan fingerprint density at radius 2 is 1.91 bits per heavy atom. The molecule has 2 aliphatic heterocycles. The molecule has 8 nitrogen and oxygen atoms in total. The summed E-state index contributed by atoms with van der Waals surface area (Å²) in [6, 6.07) is 9.29. The first kappa shape index (κ1) is 21.9. The summed E-state index contributed by atoms with van der Waals surface area (Å²) in [7, 11) is 1.64. The van der Waals surface area contributed by atoms with Gasteiger partial charge in [0.15, 0.2) is 16.6 Å². The average Bonchev–Trinajstić information content (AvgIpc) is 3.31. The molecule has 0 atom stereocenters. The number of hydrogen-bond donors (Lipinski definition) is 0. The van der Waals surface area contributed by atoms with E-state index in [2.05, 4.69) is 4.90 Å². The van der Waals surface area contributed by atoms with Gasteiger partial charge in [-0.2, -0.15) is 0 Å². The maximum atomic E-state index is 13.7. The topological polar surface area (TPSA) is 73.4 Å². The van der Waals surface area contributed by atoms with E-state index in [0.29, 0.717) is 60.9 Å². The van der Waals surface area contributed by atoms with Crippen molar-refractivity contribution in [2.75, 3.05) is 64.6 Å². The molecule has 5 rings (SSSR count). The second kappa shape index (κ2) is 9.54. The van der Waals surface area contributed by atoms with Crippen LogP contribution in [-0.4, -0.2) is 75.5 Å². The van der Waals surface area contributed by atoms with E-state index in [0.717, 1.165) is 35.4 Å². The summed E-state index contributed by atoms with van der Waals surface area (Å²) in [5.41, 5.74) is 2.43. The highest BCUT2D eigenvalue weighted by atomic mass is 32.1. The number of ether oxygens (including phenoxy) is 4. The van der Waals surface area contributed by atoms with Crippen molar-refractivity contribution in [2.24, 2.45) is 0 Å². The molecule has 0 radical (unpaired) electrons. The molecule has 0 aliphatic carbocycles. The number of nitrogens with zero attached hydrogens (tertiary/aromatic N) is 3. The van der Waals surface area contributed by atoms with Crippen LogP contribution in [0.3, 0.4) is 0 Å². The zero-order valence-corrected chi connectivity index (χ0v) is 19.7. The lowest BCUT2D eigenvalue weighted by Gasteiger charge is -2.29. The molecule has 0 N–H and O–H groups in total. The van der Waals surface area contributed by atoms with Gasteiger partial charge < -0.3 is 18.9 Å². The molecule has 174 valence electrons. The highest BCUT2D eigenvalue weighted by Gasteiger charge is 2.25. The Labute approximate surface area is 196 Å². The molecule has 3 heterocycles. The molecule has 9 heteroatoms. The highest BCUT2D eigenvalue weighted by Crippen LogP contribution is 2.37. The summed E-state index contributed by atoms with van der Waals surface area (Å²) in [5.74, 6) is 1.86. The van der Waals surface area contributed by atoms with Crippen molar-refractivity contribution in [3.8, 4) is 17.2 Å². The normalized spacial score (nSPS) is 16.1. The Morgan fingerprint density at radius 1 is 1.12 bits per heavy atom. The van der Waals surface area contributed by atoms with Crippen molar-refractivity contribution in [1.82, 2.24) is 9.88 Å². The molecule has 1 amide bonds. The number of methoxy groups -OCH3 is 1. The van der Waals surface area contributed by atoms with Crippen LogP contribution in [0.15, 0.2) is 30.3 Å². The summed E-state index contributed by atoms with van der Waals surface area (Å²) < 4.78 is 23.3. The maximum absolute atomic E-state index is 13.7. The Morgan fingerprint density at radius 3 is 2.70 bits per heavy atom. The van der Waals surface area contributed by atoms with Crippen molar-refractivity contribution < 1.29 is 23.7 Å². The Balaban J connectivity index is 1.49. The minimum Gasteiger partial charge on any atom is -0.494 e. The predicted molar refractivity (Wildman–Crippen MR) is 127 cm³/mol. The fraction of sp³-hybridized carbons (Fsp3) is 0.417. The lowest BCUT2D eigenvalue weighted by atomic mass is 10.1. The molecular formula is C24H27N3O5S. The zero-order valence-electron chi connectivity index (χ0n) is 18.8. The van der Waals surface area contributed by atoms with Gasteiger partial charge in [0.2, 0.25) is 0 Å². The van der Waals surface area contributed by atoms with Crippen LogP contribution in [0.1, 0.15) is 15.9 Å². The lowest BCUT2D eigenvalue weighted by molar-refractivity contribution is 0.0391. The molecule has 1 aromatic heterocycles. The molecule has 1 fully saturated rings. The molecule has 0 unspecified atom stereocenters. The number of aromatic nitrogens is 1. The van der Waals surface area contributed by atoms with Crippen molar-refractivity contribution in [3.63, 3.8) is 0 Å². The smallest absolute Gasteiger partial charge is 0.260 e. The van der Waals surface area contributed by atoms with Crippen LogP contribution in [0, 0.1) is 6.92 Å². The van der Waals surface area contributed by atoms with Crippen molar-refractivity contribution >= 4 is 32.6 Å². The van der Waals surface area contributed by atoms with Crippen LogP contribution < -0.4 is 19.1 Å². The van der Waals surface area contributed by atoms with E-state index >= 15 is 0 Å². The number of thiazole rings is 1. The third-order valence-electron chi connectivity index (χ3n) is 5.92. The minimum absolute atomic E-state index is 0.115. The maximum Gasteiger partial charge on any atom is 0.260 e. The van der Waals surface area contributed by atoms with Gasteiger partial charge in [-0.05, 0) is 36.8 Å². The number of hydrogen-bond acceptors (Lipinski definition) is 8. The minimum atomic E-state index is -0.115. The Kier molecular flexibility index (Phi) is 6.34. The quantitative estimate of drug-likeness (QED) is 0.548. The van der Waals surface area contributed by atoms with Crippen LogP contribution in [0.5, 0.6) is 17.2 Å². The summed E-state index contributed by atoms with van der Waals surface area (Å²) >= 11 is 1.51. The highest BCUT2D eigenvalue weighted by molar-refractivity contribution is 7.22. The second-order valence-electron chi connectivity index (χ2n) is 8.03. The summed E-state index contributed by atoms with van der Waals surface area (Å²) in [5, 5.41) is 0.658. The van der Waals surface area contributed by atoms with Crippen molar-refractivity contribution in [2.45, 2.75) is 6.92 Å². The molecule has 33 heavy (non-hydrogen) atoms. The molecule has 0 bridgehead atoms. The molecule has 2 aliphatic rings. The van der Waals surface area contributed by atoms with Crippen LogP contribution >= 0.6 is 11.3 Å². The number of amides is 1. The monoisotopic (exact) mass is 469 g/mol. The van der Waals surface area contributed by atoms with Crippen LogP contribution in [0.4, 0.5) is 5.13 Å². The number of rotatable bonds is 6. The molecule has 0 spiro atoms. The second-order valence-corrected chi connectivity index (χ2v) is 9.01. The van der Waals surface area contributed by atoms with Crippen LogP contribution in [0.25, 0.3) is 10.2 Å². The van der Waals surface area contributed by atoms with E-state index in [9.17, 15) is 4.79 Å². The molecule has 3 aromatic rings. The van der Waals surface area contributed by atoms with Gasteiger partial charge in [-0.25, -0.2) is 4.98 Å². The van der Waals surface area contributed by atoms with Gasteiger partial charge in [0.1, 0.15) is 24.5 Å². The van der Waals surface area contributed by atoms with Gasteiger partial charge in [-0.3, -0.25) is 14.6 Å². The number of fused-ring (bicyclic) bond motifs is 2. The number of carbonyl (C=O) groups excluding carboxylic acids is 1. The zero-order chi connectivity index (χ0) is 22.8. The lowest BCUT2D eigenvalue weighted by Crippen LogP contribution is -2.43. The first-order chi connectivity index (χ1) is 16.1. The molecule has 1 saturated heterocycles. The van der Waals surface area contributed by atoms with E-state index in [-0.39, 0.29) is 5.91 Å². The van der Waals surface area contributed by atoms with E-state index in [1.54, 1.807) is 30.2 Å². The van der Waals surface area contributed by atoms with Gasteiger partial charge in [-0.15, -0.1) is 0 Å². The predicted octanol–water partition coefficient (Wildman–Crippen LogP) is 3.36. The number of aryl methyl sites for hydroxylation is 1. The molecule has 0 saturated carbocycles. The standard InChI is InChI=1S/C24H27N3O5S/c1-16-3-5-19(29-2)21-22(16)33-24(25-21)27(8-7-26-9-11-30-12-10-26)23(28)17-4-6-18-20(15-17)32-14-13-31-18/h3-6,15H,7-14H2,1-2H3. The van der Waals surface area contributed by atoms with E-state index in [4.69, 9.17) is 23.9 Å². The first-order valence-electron chi connectivity index (χ1n) is 11.1. The fourth-order valence-electron chi connectivity index (χ4n) is 4.06. The molecule has 2 aromatic carbocycles. The number of benzene rings is 2. The average molecular weight is 470 g/mol. The van der Waals surface area contributed by atoms with E-state index < -0.39 is 0 Å². The largest absolute Gasteiger partial charge is 0.494 e. The summed E-state index contributed by atoms with van der Waals surface area (Å²) in [6.45, 7) is 7.45. The third kappa shape index (κ3) is 4.48. The number of morpholine rings is 1. The van der Waals surface area contributed by atoms with Gasteiger partial charge in [0.25, 0.3) is 5.91 Å². The van der Waals surface area contributed by atoms with Crippen molar-refractivity contribution in [1.29, 1.82) is 0 Å². The molecular weight excluding hydrogens is 442 g/mol. The third-order valence-corrected chi connectivity index (χ3v) is 7.13. The van der Waals surface area contributed by atoms with Gasteiger partial charge >= 0.3 is 0 Å². The van der Waals surface area contributed by atoms with Gasteiger partial charge in [0.05, 0.1) is 25.0 Å². The fourth-order valence-corrected chi connectivity index (χ4v) is 5.14. The SMILES string of the molecule is COc1ccc(C)c2sc(N(CCN3CCOCC3)C(=O)c3ccc4c(c3)OCCO4)nc12. The van der Waals surface area contributed by atoms with E-state index in [1.807, 2.05) is 19.1 Å². The number of carbonyl (C=O) groups is 1. The van der Waals surface area contributed by atoms with Gasteiger partial charge in [0, 0.05) is 31.7 Å².